The molecule has 0 saturated heterocycles. The number of hydrogen-bond donors (Lipinski definition) is 2. The second-order valence-electron chi connectivity index (χ2n) is 7.91. The summed E-state index contributed by atoms with van der Waals surface area (Å²) >= 11 is 4.59. The van der Waals surface area contributed by atoms with Gasteiger partial charge in [0.1, 0.15) is 16.6 Å². The summed E-state index contributed by atoms with van der Waals surface area (Å²) in [6, 6.07) is 13.9. The van der Waals surface area contributed by atoms with Crippen molar-refractivity contribution in [2.75, 3.05) is 17.3 Å². The number of amides is 2. The number of anilines is 1. The molecule has 2 heterocycles. The predicted molar refractivity (Wildman–Crippen MR) is 135 cm³/mol. The van der Waals surface area contributed by atoms with E-state index in [1.54, 1.807) is 34.5 Å². The summed E-state index contributed by atoms with van der Waals surface area (Å²) in [6.45, 7) is 2.04. The number of benzene rings is 2. The molecular weight excluding hydrogens is 540 g/mol. The topological polar surface area (TPSA) is 108 Å². The number of para-hydroxylation sites is 1. The van der Waals surface area contributed by atoms with Gasteiger partial charge in [0.2, 0.25) is 5.91 Å². The van der Waals surface area contributed by atoms with E-state index in [9.17, 15) is 18.0 Å². The van der Waals surface area contributed by atoms with Crippen LogP contribution in [0.5, 0.6) is 0 Å². The van der Waals surface area contributed by atoms with Gasteiger partial charge in [-0.25, -0.2) is 13.4 Å². The lowest BCUT2D eigenvalue weighted by Gasteiger charge is -2.34. The monoisotopic (exact) mass is 562 g/mol. The molecule has 3 aromatic rings. The molecule has 1 aliphatic rings. The van der Waals surface area contributed by atoms with E-state index in [1.165, 1.54) is 18.3 Å². The van der Waals surface area contributed by atoms with E-state index in [0.29, 0.717) is 18.0 Å². The van der Waals surface area contributed by atoms with Crippen molar-refractivity contribution in [3.05, 3.63) is 74.6 Å². The van der Waals surface area contributed by atoms with Crippen LogP contribution < -0.4 is 15.5 Å². The molecular formula is C23H23BrN4O4S2. The van der Waals surface area contributed by atoms with Gasteiger partial charge in [0.15, 0.2) is 9.84 Å². The van der Waals surface area contributed by atoms with Crippen molar-refractivity contribution >= 4 is 54.6 Å². The fourth-order valence-corrected chi connectivity index (χ4v) is 5.91. The minimum absolute atomic E-state index is 0.142. The standard InChI is InChI=1S/C23H23BrN4O4S2/c1-15(29)26-18-10-16-4-2-3-5-21(16)28(12-18)23(30)20-13-33-22(27-20)11-25-14-34(31,32)19-8-6-17(24)7-9-19/h2-9,13,18,25H,10-12,14H2,1H3,(H,26,29). The van der Waals surface area contributed by atoms with Crippen molar-refractivity contribution in [2.24, 2.45) is 0 Å². The SMILES string of the molecule is CC(=O)NC1Cc2ccccc2N(C(=O)c2csc(CNCS(=O)(=O)c3ccc(Br)cc3)n2)C1. The molecule has 2 amide bonds. The Bertz CT molecular complexity index is 1310. The molecule has 1 atom stereocenters. The number of halogens is 1. The maximum atomic E-state index is 13.3. The first-order valence-electron chi connectivity index (χ1n) is 10.5. The molecule has 1 aliphatic heterocycles. The largest absolute Gasteiger partial charge is 0.351 e. The second kappa shape index (κ2) is 10.3. The van der Waals surface area contributed by atoms with Crippen LogP contribution in [0.2, 0.25) is 0 Å². The van der Waals surface area contributed by atoms with E-state index in [2.05, 4.69) is 31.5 Å². The molecule has 0 bridgehead atoms. The third kappa shape index (κ3) is 5.72. The van der Waals surface area contributed by atoms with E-state index in [4.69, 9.17) is 0 Å². The van der Waals surface area contributed by atoms with Crippen LogP contribution in [-0.2, 0) is 27.6 Å². The lowest BCUT2D eigenvalue weighted by atomic mass is 9.97. The maximum Gasteiger partial charge on any atom is 0.277 e. The van der Waals surface area contributed by atoms with Crippen molar-refractivity contribution in [3.8, 4) is 0 Å². The number of sulfone groups is 1. The average molecular weight is 563 g/mol. The summed E-state index contributed by atoms with van der Waals surface area (Å²) < 4.78 is 25.8. The van der Waals surface area contributed by atoms with Crippen LogP contribution >= 0.6 is 27.3 Å². The van der Waals surface area contributed by atoms with Crippen LogP contribution in [0.15, 0.2) is 63.3 Å². The average Bonchev–Trinajstić information content (AvgIpc) is 3.27. The van der Waals surface area contributed by atoms with Crippen molar-refractivity contribution in [1.29, 1.82) is 0 Å². The van der Waals surface area contributed by atoms with Crippen molar-refractivity contribution in [1.82, 2.24) is 15.6 Å². The van der Waals surface area contributed by atoms with Crippen LogP contribution in [0.4, 0.5) is 5.69 Å². The molecule has 34 heavy (non-hydrogen) atoms. The number of aromatic nitrogens is 1. The van der Waals surface area contributed by atoms with Crippen molar-refractivity contribution in [3.63, 3.8) is 0 Å². The lowest BCUT2D eigenvalue weighted by Crippen LogP contribution is -2.49. The zero-order chi connectivity index (χ0) is 24.3. The van der Waals surface area contributed by atoms with E-state index >= 15 is 0 Å². The van der Waals surface area contributed by atoms with Gasteiger partial charge >= 0.3 is 0 Å². The summed E-state index contributed by atoms with van der Waals surface area (Å²) in [5.74, 6) is -0.639. The van der Waals surface area contributed by atoms with Gasteiger partial charge in [-0.1, -0.05) is 34.1 Å². The number of hydrogen-bond acceptors (Lipinski definition) is 7. The summed E-state index contributed by atoms with van der Waals surface area (Å²) in [7, 11) is -3.49. The molecule has 2 aromatic carbocycles. The first-order valence-corrected chi connectivity index (χ1v) is 13.9. The number of carbonyl (C=O) groups is 2. The van der Waals surface area contributed by atoms with Crippen LogP contribution in [0.25, 0.3) is 0 Å². The minimum atomic E-state index is -3.49. The van der Waals surface area contributed by atoms with Gasteiger partial charge in [0.05, 0.1) is 10.9 Å². The third-order valence-corrected chi connectivity index (χ3v) is 8.27. The van der Waals surface area contributed by atoms with Gasteiger partial charge in [-0.05, 0) is 42.3 Å². The Labute approximate surface area is 210 Å². The Morgan fingerprint density at radius 3 is 2.65 bits per heavy atom. The van der Waals surface area contributed by atoms with Gasteiger partial charge < -0.3 is 10.2 Å². The zero-order valence-corrected chi connectivity index (χ0v) is 21.5. The molecule has 0 fully saturated rings. The highest BCUT2D eigenvalue weighted by molar-refractivity contribution is 9.10. The summed E-state index contributed by atoms with van der Waals surface area (Å²) in [5, 5.41) is 8.09. The molecule has 4 rings (SSSR count). The number of rotatable bonds is 7. The molecule has 2 N–H and O–H groups in total. The van der Waals surface area contributed by atoms with E-state index < -0.39 is 9.84 Å². The Hall–Kier alpha value is -2.60. The molecule has 0 radical (unpaired) electrons. The molecule has 178 valence electrons. The number of nitrogens with one attached hydrogen (secondary N) is 2. The van der Waals surface area contributed by atoms with Gasteiger partial charge in [0, 0.05) is 35.6 Å². The van der Waals surface area contributed by atoms with E-state index in [-0.39, 0.29) is 40.9 Å². The highest BCUT2D eigenvalue weighted by Crippen LogP contribution is 2.28. The minimum Gasteiger partial charge on any atom is -0.351 e. The van der Waals surface area contributed by atoms with Crippen LogP contribution in [-0.4, -0.2) is 43.7 Å². The molecule has 11 heteroatoms. The third-order valence-electron chi connectivity index (χ3n) is 5.32. The lowest BCUT2D eigenvalue weighted by molar-refractivity contribution is -0.119. The Morgan fingerprint density at radius 2 is 1.91 bits per heavy atom. The Balaban J connectivity index is 1.43. The quantitative estimate of drug-likeness (QED) is 0.458. The summed E-state index contributed by atoms with van der Waals surface area (Å²) in [4.78, 5) is 31.2. The second-order valence-corrected chi connectivity index (χ2v) is 11.8. The van der Waals surface area contributed by atoms with Crippen molar-refractivity contribution < 1.29 is 18.0 Å². The fourth-order valence-electron chi connectivity index (χ4n) is 3.82. The molecule has 8 nitrogen and oxygen atoms in total. The summed E-state index contributed by atoms with van der Waals surface area (Å²) in [5.41, 5.74) is 2.08. The molecule has 1 aromatic heterocycles. The van der Waals surface area contributed by atoms with Crippen LogP contribution in [0.3, 0.4) is 0 Å². The molecule has 1 unspecified atom stereocenters. The highest BCUT2D eigenvalue weighted by atomic mass is 79.9. The Kier molecular flexibility index (Phi) is 7.46. The number of nitrogens with zero attached hydrogens (tertiary/aromatic N) is 2. The smallest absolute Gasteiger partial charge is 0.277 e. The van der Waals surface area contributed by atoms with E-state index in [1.807, 2.05) is 24.3 Å². The first-order chi connectivity index (χ1) is 16.2. The maximum absolute atomic E-state index is 13.3. The van der Waals surface area contributed by atoms with Crippen molar-refractivity contribution in [2.45, 2.75) is 30.8 Å². The zero-order valence-electron chi connectivity index (χ0n) is 18.3. The van der Waals surface area contributed by atoms with Crippen LogP contribution in [0, 0.1) is 0 Å². The summed E-state index contributed by atoms with van der Waals surface area (Å²) in [6.07, 6.45) is 0.651. The first kappa shape index (κ1) is 24.5. The predicted octanol–water partition coefficient (Wildman–Crippen LogP) is 3.13. The van der Waals surface area contributed by atoms with Gasteiger partial charge in [-0.3, -0.25) is 14.9 Å². The van der Waals surface area contributed by atoms with Gasteiger partial charge in [-0.15, -0.1) is 11.3 Å². The fraction of sp³-hybridized carbons (Fsp3) is 0.261. The Morgan fingerprint density at radius 1 is 1.18 bits per heavy atom. The van der Waals surface area contributed by atoms with Crippen LogP contribution in [0.1, 0.15) is 28.0 Å². The van der Waals surface area contributed by atoms with Gasteiger partial charge in [-0.2, -0.15) is 0 Å². The molecule has 0 spiro atoms. The number of thiazole rings is 1. The highest BCUT2D eigenvalue weighted by Gasteiger charge is 2.30. The molecule has 0 saturated carbocycles. The van der Waals surface area contributed by atoms with Gasteiger partial charge in [0.25, 0.3) is 5.91 Å². The number of fused-ring (bicyclic) bond motifs is 1. The van der Waals surface area contributed by atoms with E-state index in [0.717, 1.165) is 15.7 Å². The molecule has 0 aliphatic carbocycles. The number of carbonyl (C=O) groups excluding carboxylic acids is 2. The normalized spacial score (nSPS) is 15.6.